The zero-order valence-corrected chi connectivity index (χ0v) is 12.5. The molecule has 0 unspecified atom stereocenters. The van der Waals surface area contributed by atoms with Gasteiger partial charge in [0, 0.05) is 24.4 Å². The monoisotopic (exact) mass is 330 g/mol. The van der Waals surface area contributed by atoms with Crippen LogP contribution in [0.4, 0.5) is 5.69 Å². The molecule has 2 aromatic rings. The molecular weight excluding hydrogens is 316 g/mol. The standard InChI is InChI=1S/C15H14N4O5/c20-14(17-11-5-9(6-11)15(21)22)10-7-16-18(8-10)12-1-3-13(4-2-12)19(23)24/h1-4,7-9,11H,5-6H2,(H,17,20)(H,21,22). The molecule has 1 amide bonds. The Bertz CT molecular complexity index is 792. The minimum atomic E-state index is -0.841. The molecule has 2 N–H and O–H groups in total. The lowest BCUT2D eigenvalue weighted by Gasteiger charge is -2.32. The van der Waals surface area contributed by atoms with Gasteiger partial charge >= 0.3 is 5.97 Å². The van der Waals surface area contributed by atoms with Crippen LogP contribution in [0.25, 0.3) is 5.69 Å². The lowest BCUT2D eigenvalue weighted by atomic mass is 9.80. The average molecular weight is 330 g/mol. The van der Waals surface area contributed by atoms with Crippen molar-refractivity contribution < 1.29 is 19.6 Å². The summed E-state index contributed by atoms with van der Waals surface area (Å²) in [5.74, 6) is -1.55. The number of amides is 1. The van der Waals surface area contributed by atoms with E-state index in [0.29, 0.717) is 24.1 Å². The first-order valence-electron chi connectivity index (χ1n) is 7.27. The number of rotatable bonds is 5. The van der Waals surface area contributed by atoms with Gasteiger partial charge in [-0.25, -0.2) is 4.68 Å². The van der Waals surface area contributed by atoms with E-state index in [-0.39, 0.29) is 17.6 Å². The molecule has 3 rings (SSSR count). The number of carboxylic acids is 1. The molecule has 1 fully saturated rings. The van der Waals surface area contributed by atoms with Gasteiger partial charge in [0.25, 0.3) is 11.6 Å². The third-order valence-electron chi connectivity index (χ3n) is 3.99. The molecule has 0 radical (unpaired) electrons. The van der Waals surface area contributed by atoms with Crippen molar-refractivity contribution in [1.82, 2.24) is 15.1 Å². The van der Waals surface area contributed by atoms with Gasteiger partial charge in [0.15, 0.2) is 0 Å². The van der Waals surface area contributed by atoms with Crippen LogP contribution in [0.15, 0.2) is 36.7 Å². The Morgan fingerprint density at radius 2 is 1.96 bits per heavy atom. The van der Waals surface area contributed by atoms with Crippen molar-refractivity contribution in [3.8, 4) is 5.69 Å². The van der Waals surface area contributed by atoms with Gasteiger partial charge in [-0.3, -0.25) is 19.7 Å². The van der Waals surface area contributed by atoms with Crippen LogP contribution in [0.5, 0.6) is 0 Å². The fourth-order valence-corrected chi connectivity index (χ4v) is 2.51. The molecule has 1 aromatic heterocycles. The van der Waals surface area contributed by atoms with Crippen LogP contribution >= 0.6 is 0 Å². The second-order valence-corrected chi connectivity index (χ2v) is 5.62. The first-order chi connectivity index (χ1) is 11.4. The molecule has 1 heterocycles. The van der Waals surface area contributed by atoms with Gasteiger partial charge in [0.05, 0.1) is 28.3 Å². The number of hydrogen-bond donors (Lipinski definition) is 2. The van der Waals surface area contributed by atoms with Crippen molar-refractivity contribution in [1.29, 1.82) is 0 Å². The van der Waals surface area contributed by atoms with Crippen LogP contribution in [0.2, 0.25) is 0 Å². The number of carbonyl (C=O) groups excluding carboxylic acids is 1. The van der Waals surface area contributed by atoms with E-state index in [9.17, 15) is 19.7 Å². The maximum Gasteiger partial charge on any atom is 0.306 e. The summed E-state index contributed by atoms with van der Waals surface area (Å²) >= 11 is 0. The van der Waals surface area contributed by atoms with Crippen molar-refractivity contribution in [3.63, 3.8) is 0 Å². The number of aromatic nitrogens is 2. The van der Waals surface area contributed by atoms with Crippen molar-refractivity contribution in [3.05, 3.63) is 52.3 Å². The number of carboxylic acid groups (broad SMARTS) is 1. The van der Waals surface area contributed by atoms with Crippen molar-refractivity contribution in [2.24, 2.45) is 5.92 Å². The van der Waals surface area contributed by atoms with Gasteiger partial charge < -0.3 is 10.4 Å². The molecule has 24 heavy (non-hydrogen) atoms. The Labute approximate surface area is 136 Å². The zero-order valence-electron chi connectivity index (χ0n) is 12.5. The van der Waals surface area contributed by atoms with E-state index >= 15 is 0 Å². The van der Waals surface area contributed by atoms with Gasteiger partial charge in [0.1, 0.15) is 0 Å². The summed E-state index contributed by atoms with van der Waals surface area (Å²) in [5.41, 5.74) is 0.906. The number of nitrogens with zero attached hydrogens (tertiary/aromatic N) is 3. The number of nitro benzene ring substituents is 1. The summed E-state index contributed by atoms with van der Waals surface area (Å²) in [6.45, 7) is 0. The summed E-state index contributed by atoms with van der Waals surface area (Å²) in [7, 11) is 0. The van der Waals surface area contributed by atoms with Crippen LogP contribution < -0.4 is 5.32 Å². The molecule has 1 aromatic carbocycles. The molecule has 0 spiro atoms. The molecule has 1 aliphatic rings. The molecule has 1 saturated carbocycles. The normalized spacial score (nSPS) is 19.3. The van der Waals surface area contributed by atoms with E-state index in [1.807, 2.05) is 0 Å². The van der Waals surface area contributed by atoms with E-state index in [4.69, 9.17) is 5.11 Å². The second-order valence-electron chi connectivity index (χ2n) is 5.62. The highest BCUT2D eigenvalue weighted by Gasteiger charge is 2.35. The lowest BCUT2D eigenvalue weighted by Crippen LogP contribution is -2.46. The maximum atomic E-state index is 12.1. The summed E-state index contributed by atoms with van der Waals surface area (Å²) in [6.07, 6.45) is 3.77. The molecule has 9 nitrogen and oxygen atoms in total. The quantitative estimate of drug-likeness (QED) is 0.629. The highest BCUT2D eigenvalue weighted by atomic mass is 16.6. The molecule has 1 aliphatic carbocycles. The van der Waals surface area contributed by atoms with Crippen LogP contribution in [-0.2, 0) is 4.79 Å². The second kappa shape index (κ2) is 6.11. The molecule has 124 valence electrons. The lowest BCUT2D eigenvalue weighted by molar-refractivity contribution is -0.384. The van der Waals surface area contributed by atoms with Gasteiger partial charge in [-0.05, 0) is 25.0 Å². The van der Waals surface area contributed by atoms with Gasteiger partial charge in [-0.15, -0.1) is 0 Å². The predicted octanol–water partition coefficient (Wildman–Crippen LogP) is 1.37. The summed E-state index contributed by atoms with van der Waals surface area (Å²) < 4.78 is 1.44. The molecule has 0 bridgehead atoms. The number of carbonyl (C=O) groups is 2. The van der Waals surface area contributed by atoms with E-state index in [0.717, 1.165) is 0 Å². The SMILES string of the molecule is O=C(NC1CC(C(=O)O)C1)c1cnn(-c2ccc([N+](=O)[O-])cc2)c1. The van der Waals surface area contributed by atoms with E-state index in [2.05, 4.69) is 10.4 Å². The van der Waals surface area contributed by atoms with Crippen molar-refractivity contribution >= 4 is 17.6 Å². The number of aliphatic carboxylic acids is 1. The van der Waals surface area contributed by atoms with Crippen molar-refractivity contribution in [2.45, 2.75) is 18.9 Å². The van der Waals surface area contributed by atoms with Crippen molar-refractivity contribution in [2.75, 3.05) is 0 Å². The van der Waals surface area contributed by atoms with E-state index in [1.165, 1.54) is 41.3 Å². The minimum Gasteiger partial charge on any atom is -0.481 e. The Kier molecular flexibility index (Phi) is 3.98. The topological polar surface area (TPSA) is 127 Å². The molecule has 9 heteroatoms. The van der Waals surface area contributed by atoms with Gasteiger partial charge in [0.2, 0.25) is 0 Å². The van der Waals surface area contributed by atoms with Crippen LogP contribution in [0.3, 0.4) is 0 Å². The largest absolute Gasteiger partial charge is 0.481 e. The molecule has 0 atom stereocenters. The van der Waals surface area contributed by atoms with Crippen LogP contribution in [-0.4, -0.2) is 37.7 Å². The number of non-ortho nitro benzene ring substituents is 1. The summed E-state index contributed by atoms with van der Waals surface area (Å²) in [4.78, 5) is 33.0. The smallest absolute Gasteiger partial charge is 0.306 e. The molecule has 0 saturated heterocycles. The highest BCUT2D eigenvalue weighted by molar-refractivity contribution is 5.94. The average Bonchev–Trinajstić information content (AvgIpc) is 3.00. The van der Waals surface area contributed by atoms with Crippen LogP contribution in [0, 0.1) is 16.0 Å². The zero-order chi connectivity index (χ0) is 17.3. The third-order valence-corrected chi connectivity index (χ3v) is 3.99. The highest BCUT2D eigenvalue weighted by Crippen LogP contribution is 2.27. The number of nitrogens with one attached hydrogen (secondary N) is 1. The fraction of sp³-hybridized carbons (Fsp3) is 0.267. The first kappa shape index (κ1) is 15.7. The Morgan fingerprint density at radius 1 is 1.29 bits per heavy atom. The van der Waals surface area contributed by atoms with Gasteiger partial charge in [-0.2, -0.15) is 5.10 Å². The summed E-state index contributed by atoms with van der Waals surface area (Å²) in [6, 6.07) is 5.65. The Hall–Kier alpha value is -3.23. The molecular formula is C15H14N4O5. The molecule has 0 aliphatic heterocycles. The van der Waals surface area contributed by atoms with Crippen LogP contribution in [0.1, 0.15) is 23.2 Å². The Balaban J connectivity index is 1.64. The van der Waals surface area contributed by atoms with E-state index in [1.54, 1.807) is 0 Å². The number of benzene rings is 1. The van der Waals surface area contributed by atoms with E-state index < -0.39 is 16.8 Å². The number of nitro groups is 1. The fourth-order valence-electron chi connectivity index (χ4n) is 2.51. The van der Waals surface area contributed by atoms with Gasteiger partial charge in [-0.1, -0.05) is 0 Å². The summed E-state index contributed by atoms with van der Waals surface area (Å²) in [5, 5.41) is 26.3. The number of hydrogen-bond acceptors (Lipinski definition) is 5. The third kappa shape index (κ3) is 3.09. The first-order valence-corrected chi connectivity index (χ1v) is 7.27. The maximum absolute atomic E-state index is 12.1. The predicted molar refractivity (Wildman–Crippen MR) is 81.8 cm³/mol. The Morgan fingerprint density at radius 3 is 2.54 bits per heavy atom. The minimum absolute atomic E-state index is 0.0261.